The number of hydrogen-bond donors (Lipinski definition) is 1. The molecule has 1 atom stereocenters. The molecule has 0 aliphatic rings. The normalized spacial score (nSPS) is 12.9. The first kappa shape index (κ1) is 12.6. The zero-order valence-electron chi connectivity index (χ0n) is 9.87. The molecule has 0 spiro atoms. The monoisotopic (exact) mass is 270 g/mol. The highest BCUT2D eigenvalue weighted by atomic mass is 35.5. The number of thiazole rings is 1. The molecule has 1 heterocycles. The number of hydrogen-bond acceptors (Lipinski definition) is 4. The quantitative estimate of drug-likeness (QED) is 0.898. The van der Waals surface area contributed by atoms with Crippen LogP contribution >= 0.6 is 22.9 Å². The molecule has 0 aliphatic carbocycles. The predicted molar refractivity (Wildman–Crippen MR) is 74.2 cm³/mol. The van der Waals surface area contributed by atoms with Gasteiger partial charge in [-0.05, 0) is 32.0 Å². The highest BCUT2D eigenvalue weighted by Gasteiger charge is 2.07. The Bertz CT molecular complexity index is 500. The lowest BCUT2D eigenvalue weighted by Crippen LogP contribution is -2.21. The van der Waals surface area contributed by atoms with Crippen LogP contribution < -0.4 is 5.32 Å². The predicted octanol–water partition coefficient (Wildman–Crippen LogP) is 3.79. The molecule has 1 unspecified atom stereocenters. The summed E-state index contributed by atoms with van der Waals surface area (Å²) >= 11 is 7.56. The molecule has 2 rings (SSSR count). The van der Waals surface area contributed by atoms with Crippen LogP contribution in [0, 0.1) is 0 Å². The fourth-order valence-electron chi connectivity index (χ4n) is 1.51. The lowest BCUT2D eigenvalue weighted by molar-refractivity contribution is 0.141. The lowest BCUT2D eigenvalue weighted by Gasteiger charge is -2.11. The fourth-order valence-corrected chi connectivity index (χ4v) is 2.63. The number of anilines is 1. The second-order valence-electron chi connectivity index (χ2n) is 3.84. The van der Waals surface area contributed by atoms with Gasteiger partial charge in [0, 0.05) is 17.7 Å². The van der Waals surface area contributed by atoms with Gasteiger partial charge in [0.1, 0.15) is 0 Å². The van der Waals surface area contributed by atoms with Gasteiger partial charge in [-0.2, -0.15) is 0 Å². The molecule has 1 aromatic carbocycles. The van der Waals surface area contributed by atoms with E-state index < -0.39 is 0 Å². The molecular weight excluding hydrogens is 256 g/mol. The van der Waals surface area contributed by atoms with Crippen molar-refractivity contribution in [2.45, 2.75) is 19.9 Å². The molecule has 0 amide bonds. The topological polar surface area (TPSA) is 34.1 Å². The number of aromatic nitrogens is 1. The second-order valence-corrected chi connectivity index (χ2v) is 5.30. The number of nitrogens with one attached hydrogen (secondary N) is 1. The van der Waals surface area contributed by atoms with Crippen molar-refractivity contribution in [2.75, 3.05) is 18.5 Å². The molecule has 1 N–H and O–H groups in total. The molecule has 5 heteroatoms. The lowest BCUT2D eigenvalue weighted by atomic mass is 10.3. The Morgan fingerprint density at radius 3 is 3.12 bits per heavy atom. The van der Waals surface area contributed by atoms with Gasteiger partial charge in [0.2, 0.25) is 0 Å². The van der Waals surface area contributed by atoms with Crippen molar-refractivity contribution in [3.63, 3.8) is 0 Å². The van der Waals surface area contributed by atoms with Gasteiger partial charge >= 0.3 is 0 Å². The van der Waals surface area contributed by atoms with Crippen molar-refractivity contribution in [3.05, 3.63) is 23.2 Å². The standard InChI is InChI=1S/C12H15ClN2OS/c1-3-16-7-8(2)14-12-15-10-6-9(13)4-5-11(10)17-12/h4-6,8H,3,7H2,1-2H3,(H,14,15). The number of halogens is 1. The molecule has 0 bridgehead atoms. The number of ether oxygens (including phenoxy) is 1. The van der Waals surface area contributed by atoms with Gasteiger partial charge in [0.15, 0.2) is 5.13 Å². The third kappa shape index (κ3) is 3.31. The minimum atomic E-state index is 0.256. The van der Waals surface area contributed by atoms with Gasteiger partial charge in [-0.25, -0.2) is 4.98 Å². The maximum atomic E-state index is 5.93. The van der Waals surface area contributed by atoms with Crippen molar-refractivity contribution in [3.8, 4) is 0 Å². The van der Waals surface area contributed by atoms with E-state index >= 15 is 0 Å². The number of benzene rings is 1. The summed E-state index contributed by atoms with van der Waals surface area (Å²) in [6, 6.07) is 6.01. The van der Waals surface area contributed by atoms with Crippen LogP contribution in [0.1, 0.15) is 13.8 Å². The highest BCUT2D eigenvalue weighted by molar-refractivity contribution is 7.22. The number of fused-ring (bicyclic) bond motifs is 1. The third-order valence-electron chi connectivity index (χ3n) is 2.29. The molecule has 0 radical (unpaired) electrons. The van der Waals surface area contributed by atoms with Gasteiger partial charge in [0.05, 0.1) is 16.8 Å². The van der Waals surface area contributed by atoms with Crippen LogP contribution in [0.15, 0.2) is 18.2 Å². The zero-order valence-corrected chi connectivity index (χ0v) is 11.4. The molecule has 92 valence electrons. The van der Waals surface area contributed by atoms with Crippen LogP contribution in [0.2, 0.25) is 5.02 Å². The van der Waals surface area contributed by atoms with Gasteiger partial charge in [-0.15, -0.1) is 0 Å². The average Bonchev–Trinajstić information content (AvgIpc) is 2.67. The van der Waals surface area contributed by atoms with Gasteiger partial charge < -0.3 is 10.1 Å². The fraction of sp³-hybridized carbons (Fsp3) is 0.417. The van der Waals surface area contributed by atoms with Crippen LogP contribution in [0.5, 0.6) is 0 Å². The number of rotatable bonds is 5. The van der Waals surface area contributed by atoms with Crippen molar-refractivity contribution >= 4 is 38.3 Å². The Morgan fingerprint density at radius 1 is 1.53 bits per heavy atom. The van der Waals surface area contributed by atoms with Crippen LogP contribution in [0.3, 0.4) is 0 Å². The zero-order chi connectivity index (χ0) is 12.3. The summed E-state index contributed by atoms with van der Waals surface area (Å²) in [7, 11) is 0. The highest BCUT2D eigenvalue weighted by Crippen LogP contribution is 2.28. The van der Waals surface area contributed by atoms with E-state index in [4.69, 9.17) is 16.3 Å². The molecule has 0 saturated carbocycles. The van der Waals surface area contributed by atoms with Gasteiger partial charge in [-0.1, -0.05) is 22.9 Å². The third-order valence-corrected chi connectivity index (χ3v) is 3.49. The first-order valence-electron chi connectivity index (χ1n) is 5.59. The summed E-state index contributed by atoms with van der Waals surface area (Å²) in [6.07, 6.45) is 0. The summed E-state index contributed by atoms with van der Waals surface area (Å²) in [5, 5.41) is 4.96. The van der Waals surface area contributed by atoms with E-state index in [1.54, 1.807) is 11.3 Å². The summed E-state index contributed by atoms with van der Waals surface area (Å²) in [6.45, 7) is 5.50. The minimum absolute atomic E-state index is 0.256. The van der Waals surface area contributed by atoms with E-state index in [1.807, 2.05) is 25.1 Å². The van der Waals surface area contributed by atoms with Crippen molar-refractivity contribution < 1.29 is 4.74 Å². The Kier molecular flexibility index (Phi) is 4.20. The maximum Gasteiger partial charge on any atom is 0.184 e. The molecule has 0 aliphatic heterocycles. The molecule has 0 saturated heterocycles. The van der Waals surface area contributed by atoms with E-state index in [0.29, 0.717) is 6.61 Å². The van der Waals surface area contributed by atoms with Crippen molar-refractivity contribution in [1.82, 2.24) is 4.98 Å². The van der Waals surface area contributed by atoms with E-state index in [2.05, 4.69) is 17.2 Å². The Morgan fingerprint density at radius 2 is 2.35 bits per heavy atom. The summed E-state index contributed by atoms with van der Waals surface area (Å²) < 4.78 is 6.49. The first-order chi connectivity index (χ1) is 8.19. The molecule has 17 heavy (non-hydrogen) atoms. The first-order valence-corrected chi connectivity index (χ1v) is 6.79. The van der Waals surface area contributed by atoms with E-state index in [-0.39, 0.29) is 6.04 Å². The van der Waals surface area contributed by atoms with Crippen molar-refractivity contribution in [2.24, 2.45) is 0 Å². The molecule has 3 nitrogen and oxygen atoms in total. The van der Waals surface area contributed by atoms with E-state index in [0.717, 1.165) is 27.0 Å². The molecule has 1 aromatic heterocycles. The smallest absolute Gasteiger partial charge is 0.184 e. The van der Waals surface area contributed by atoms with E-state index in [1.165, 1.54) is 0 Å². The molecular formula is C12H15ClN2OS. The van der Waals surface area contributed by atoms with Crippen LogP contribution in [0.4, 0.5) is 5.13 Å². The van der Waals surface area contributed by atoms with E-state index in [9.17, 15) is 0 Å². The SMILES string of the molecule is CCOCC(C)Nc1nc2cc(Cl)ccc2s1. The Labute approximate surface area is 110 Å². The second kappa shape index (κ2) is 5.67. The Hall–Kier alpha value is -0.840. The maximum absolute atomic E-state index is 5.93. The summed E-state index contributed by atoms with van der Waals surface area (Å²) in [5.41, 5.74) is 0.939. The Balaban J connectivity index is 2.08. The number of nitrogens with zero attached hydrogens (tertiary/aromatic N) is 1. The van der Waals surface area contributed by atoms with Gasteiger partial charge in [-0.3, -0.25) is 0 Å². The largest absolute Gasteiger partial charge is 0.380 e. The van der Waals surface area contributed by atoms with Crippen LogP contribution in [0.25, 0.3) is 10.2 Å². The molecule has 2 aromatic rings. The summed E-state index contributed by atoms with van der Waals surface area (Å²) in [5.74, 6) is 0. The van der Waals surface area contributed by atoms with Crippen molar-refractivity contribution in [1.29, 1.82) is 0 Å². The van der Waals surface area contributed by atoms with Gasteiger partial charge in [0.25, 0.3) is 0 Å². The minimum Gasteiger partial charge on any atom is -0.380 e. The van der Waals surface area contributed by atoms with Crippen LogP contribution in [-0.2, 0) is 4.74 Å². The summed E-state index contributed by atoms with van der Waals surface area (Å²) in [4.78, 5) is 4.49. The van der Waals surface area contributed by atoms with Crippen LogP contribution in [-0.4, -0.2) is 24.2 Å². The molecule has 0 fully saturated rings. The average molecular weight is 271 g/mol.